The van der Waals surface area contributed by atoms with E-state index in [1.54, 1.807) is 6.92 Å². The Hall–Kier alpha value is -2.85. The van der Waals surface area contributed by atoms with Crippen molar-refractivity contribution in [3.63, 3.8) is 0 Å². The van der Waals surface area contributed by atoms with E-state index in [-0.39, 0.29) is 26.0 Å². The van der Waals surface area contributed by atoms with Crippen molar-refractivity contribution in [2.75, 3.05) is 0 Å². The number of phenols is 1. The second-order valence-corrected chi connectivity index (χ2v) is 7.11. The van der Waals surface area contributed by atoms with Crippen molar-refractivity contribution in [3.8, 4) is 5.75 Å². The van der Waals surface area contributed by atoms with Crippen LogP contribution in [0.4, 0.5) is 13.2 Å². The second-order valence-electron chi connectivity index (χ2n) is 5.67. The highest BCUT2D eigenvalue weighted by atomic mass is 35.5. The van der Waals surface area contributed by atoms with E-state index in [2.05, 4.69) is 15.8 Å². The highest BCUT2D eigenvalue weighted by Crippen LogP contribution is 2.34. The normalized spacial score (nSPS) is 11.5. The largest absolute Gasteiger partial charge is 0.507 e. The molecular weight excluding hydrogens is 419 g/mol. The third-order valence-corrected chi connectivity index (χ3v) is 5.23. The van der Waals surface area contributed by atoms with Crippen LogP contribution in [0.1, 0.15) is 31.3 Å². The fourth-order valence-electron chi connectivity index (χ4n) is 2.40. The minimum Gasteiger partial charge on any atom is -0.507 e. The Morgan fingerprint density at radius 1 is 1.14 bits per heavy atom. The molecule has 0 fully saturated rings. The van der Waals surface area contributed by atoms with Crippen molar-refractivity contribution in [1.82, 2.24) is 15.8 Å². The lowest BCUT2D eigenvalue weighted by atomic mass is 10.2. The lowest BCUT2D eigenvalue weighted by Crippen LogP contribution is -2.41. The number of hydrazine groups is 1. The lowest BCUT2D eigenvalue weighted by Gasteiger charge is -2.08. The molecule has 11 heteroatoms. The number of fused-ring (bicyclic) bond motifs is 1. The van der Waals surface area contributed by atoms with Gasteiger partial charge < -0.3 is 5.11 Å². The van der Waals surface area contributed by atoms with Crippen LogP contribution in [0.25, 0.3) is 10.2 Å². The number of aryl methyl sites for hydroxylation is 1. The number of carbonyl (C=O) groups excluding carboxylic acids is 2. The quantitative estimate of drug-likeness (QED) is 0.536. The molecule has 3 rings (SSSR count). The van der Waals surface area contributed by atoms with Crippen LogP contribution in [0.5, 0.6) is 5.75 Å². The van der Waals surface area contributed by atoms with Gasteiger partial charge in [0, 0.05) is 10.4 Å². The zero-order chi connectivity index (χ0) is 20.6. The molecule has 6 nitrogen and oxygen atoms in total. The van der Waals surface area contributed by atoms with E-state index in [4.69, 9.17) is 11.6 Å². The number of amides is 2. The van der Waals surface area contributed by atoms with Crippen LogP contribution in [0.3, 0.4) is 0 Å². The van der Waals surface area contributed by atoms with Gasteiger partial charge in [-0.15, -0.1) is 11.3 Å². The summed E-state index contributed by atoms with van der Waals surface area (Å²) >= 11 is 6.54. The Balaban J connectivity index is 1.80. The first-order valence-electron chi connectivity index (χ1n) is 7.64. The summed E-state index contributed by atoms with van der Waals surface area (Å²) in [6.45, 7) is 1.56. The van der Waals surface area contributed by atoms with E-state index in [0.717, 1.165) is 17.4 Å². The van der Waals surface area contributed by atoms with Crippen molar-refractivity contribution < 1.29 is 27.9 Å². The van der Waals surface area contributed by atoms with E-state index < -0.39 is 23.7 Å². The molecule has 28 heavy (non-hydrogen) atoms. The minimum atomic E-state index is -4.60. The molecule has 146 valence electrons. The number of rotatable bonds is 2. The number of pyridine rings is 1. The van der Waals surface area contributed by atoms with Crippen molar-refractivity contribution in [2.24, 2.45) is 0 Å². The van der Waals surface area contributed by atoms with Crippen molar-refractivity contribution in [3.05, 3.63) is 57.1 Å². The smallest absolute Gasteiger partial charge is 0.433 e. The second kappa shape index (κ2) is 7.28. The summed E-state index contributed by atoms with van der Waals surface area (Å²) in [5.41, 5.74) is 3.50. The number of phenolic OH excluding ortho intramolecular Hbond substituents is 1. The van der Waals surface area contributed by atoms with Crippen LogP contribution in [0.15, 0.2) is 30.3 Å². The number of benzene rings is 1. The molecule has 2 aromatic heterocycles. The Labute approximate surface area is 164 Å². The van der Waals surface area contributed by atoms with Crippen LogP contribution in [0.2, 0.25) is 5.02 Å². The summed E-state index contributed by atoms with van der Waals surface area (Å²) in [5, 5.41) is 10.3. The SMILES string of the molecule is Cc1c(C(=O)NNC(=O)c2cc(Cl)ccc2O)sc2nc(C(F)(F)F)ccc12. The lowest BCUT2D eigenvalue weighted by molar-refractivity contribution is -0.140. The molecule has 0 atom stereocenters. The van der Waals surface area contributed by atoms with Gasteiger partial charge in [0.15, 0.2) is 0 Å². The Morgan fingerprint density at radius 3 is 2.50 bits per heavy atom. The van der Waals surface area contributed by atoms with E-state index >= 15 is 0 Å². The summed E-state index contributed by atoms with van der Waals surface area (Å²) in [4.78, 5) is 28.1. The highest BCUT2D eigenvalue weighted by molar-refractivity contribution is 7.20. The molecule has 0 bridgehead atoms. The van der Waals surface area contributed by atoms with Gasteiger partial charge in [0.2, 0.25) is 0 Å². The average Bonchev–Trinajstić information content (AvgIpc) is 2.97. The van der Waals surface area contributed by atoms with Crippen molar-refractivity contribution in [1.29, 1.82) is 0 Å². The van der Waals surface area contributed by atoms with Gasteiger partial charge in [-0.2, -0.15) is 13.2 Å². The monoisotopic (exact) mass is 429 g/mol. The van der Waals surface area contributed by atoms with Crippen molar-refractivity contribution in [2.45, 2.75) is 13.1 Å². The number of hydrogen-bond donors (Lipinski definition) is 3. The number of hydrogen-bond acceptors (Lipinski definition) is 5. The van der Waals surface area contributed by atoms with Gasteiger partial charge in [0.1, 0.15) is 16.3 Å². The molecule has 0 aliphatic carbocycles. The fraction of sp³-hybridized carbons (Fsp3) is 0.118. The maximum atomic E-state index is 12.8. The van der Waals surface area contributed by atoms with E-state index in [9.17, 15) is 27.9 Å². The van der Waals surface area contributed by atoms with E-state index in [1.807, 2.05) is 0 Å². The fourth-order valence-corrected chi connectivity index (χ4v) is 3.65. The molecule has 0 aliphatic heterocycles. The molecule has 3 aromatic rings. The molecule has 0 saturated carbocycles. The minimum absolute atomic E-state index is 0.0521. The average molecular weight is 430 g/mol. The molecule has 0 radical (unpaired) electrons. The van der Waals surface area contributed by atoms with E-state index in [1.165, 1.54) is 24.3 Å². The zero-order valence-electron chi connectivity index (χ0n) is 14.0. The Bertz CT molecular complexity index is 1100. The topological polar surface area (TPSA) is 91.3 Å². The molecule has 0 unspecified atom stereocenters. The molecule has 0 aliphatic rings. The predicted molar refractivity (Wildman–Crippen MR) is 97.4 cm³/mol. The maximum Gasteiger partial charge on any atom is 0.433 e. The van der Waals surface area contributed by atoms with Crippen LogP contribution in [0, 0.1) is 6.92 Å². The molecular formula is C17H11ClF3N3O3S. The number of aromatic nitrogens is 1. The summed E-state index contributed by atoms with van der Waals surface area (Å²) in [6.07, 6.45) is -4.60. The summed E-state index contributed by atoms with van der Waals surface area (Å²) in [6, 6.07) is 5.91. The van der Waals surface area contributed by atoms with Gasteiger partial charge in [-0.1, -0.05) is 11.6 Å². The number of halogens is 4. The third kappa shape index (κ3) is 3.87. The molecule has 3 N–H and O–H groups in total. The summed E-state index contributed by atoms with van der Waals surface area (Å²) in [5.74, 6) is -1.88. The van der Waals surface area contributed by atoms with Gasteiger partial charge in [0.05, 0.1) is 10.4 Å². The van der Waals surface area contributed by atoms with E-state index in [0.29, 0.717) is 10.9 Å². The number of carbonyl (C=O) groups is 2. The Morgan fingerprint density at radius 2 is 1.82 bits per heavy atom. The summed E-state index contributed by atoms with van der Waals surface area (Å²) < 4.78 is 38.4. The van der Waals surface area contributed by atoms with Gasteiger partial charge >= 0.3 is 6.18 Å². The van der Waals surface area contributed by atoms with Crippen LogP contribution in [-0.2, 0) is 6.18 Å². The number of alkyl halides is 3. The number of nitrogens with zero attached hydrogens (tertiary/aromatic N) is 1. The van der Waals surface area contributed by atoms with Gasteiger partial charge in [-0.05, 0) is 42.8 Å². The molecule has 1 aromatic carbocycles. The van der Waals surface area contributed by atoms with Gasteiger partial charge in [-0.3, -0.25) is 20.4 Å². The number of thiophene rings is 1. The Kier molecular flexibility index (Phi) is 5.18. The van der Waals surface area contributed by atoms with Gasteiger partial charge in [0.25, 0.3) is 11.8 Å². The third-order valence-electron chi connectivity index (χ3n) is 3.79. The van der Waals surface area contributed by atoms with Gasteiger partial charge in [-0.25, -0.2) is 4.98 Å². The number of aromatic hydroxyl groups is 1. The van der Waals surface area contributed by atoms with Crippen LogP contribution >= 0.6 is 22.9 Å². The number of nitrogens with one attached hydrogen (secondary N) is 2. The molecule has 2 amide bonds. The standard InChI is InChI=1S/C17H11ClF3N3O3S/c1-7-9-3-5-12(17(19,20)21)22-16(9)28-13(7)15(27)24-23-14(26)10-6-8(18)2-4-11(10)25/h2-6,25H,1H3,(H,23,26)(H,24,27). The first-order valence-corrected chi connectivity index (χ1v) is 8.84. The van der Waals surface area contributed by atoms with Crippen LogP contribution < -0.4 is 10.9 Å². The zero-order valence-corrected chi connectivity index (χ0v) is 15.6. The molecule has 0 saturated heterocycles. The molecule has 0 spiro atoms. The van der Waals surface area contributed by atoms with Crippen LogP contribution in [-0.4, -0.2) is 21.9 Å². The first-order chi connectivity index (χ1) is 13.1. The summed E-state index contributed by atoms with van der Waals surface area (Å²) in [7, 11) is 0. The maximum absolute atomic E-state index is 12.8. The first kappa shape index (κ1) is 19.9. The molecule has 2 heterocycles. The highest BCUT2D eigenvalue weighted by Gasteiger charge is 2.33. The predicted octanol–water partition coefficient (Wildman–Crippen LogP) is 4.06. The van der Waals surface area contributed by atoms with Crippen molar-refractivity contribution >= 4 is 45.0 Å².